The molecule has 1 aliphatic carbocycles. The lowest BCUT2D eigenvalue weighted by Crippen LogP contribution is -2.50. The minimum atomic E-state index is -0.898. The molecule has 0 spiro atoms. The van der Waals surface area contributed by atoms with Gasteiger partial charge in [-0.2, -0.15) is 0 Å². The van der Waals surface area contributed by atoms with Gasteiger partial charge in [-0.15, -0.1) is 0 Å². The Morgan fingerprint density at radius 2 is 2.00 bits per heavy atom. The fraction of sp³-hybridized carbons (Fsp3) is 0.611. The van der Waals surface area contributed by atoms with Crippen molar-refractivity contribution in [2.45, 2.75) is 58.0 Å². The molecule has 1 fully saturated rings. The number of carboxylic acid groups (broad SMARTS) is 1. The molecule has 0 aromatic heterocycles. The van der Waals surface area contributed by atoms with Crippen molar-refractivity contribution in [2.75, 3.05) is 13.1 Å². The Labute approximate surface area is 133 Å². The van der Waals surface area contributed by atoms with Crippen LogP contribution in [0.3, 0.4) is 0 Å². The van der Waals surface area contributed by atoms with Crippen molar-refractivity contribution >= 4 is 6.09 Å². The van der Waals surface area contributed by atoms with E-state index in [1.165, 1.54) is 30.4 Å². The van der Waals surface area contributed by atoms with Gasteiger partial charge in [0.25, 0.3) is 0 Å². The van der Waals surface area contributed by atoms with Crippen LogP contribution in [0.1, 0.15) is 50.7 Å². The smallest absolute Gasteiger partial charge is 0.404 e. The number of amides is 1. The number of piperidine rings is 1. The SMILES string of the molecule is CCCCN1CC(NC(=O)O)CCC1C.c1ccc2c(c1)C2. The zero-order valence-corrected chi connectivity index (χ0v) is 13.7. The van der Waals surface area contributed by atoms with Crippen LogP contribution in [0.4, 0.5) is 4.79 Å². The molecule has 4 nitrogen and oxygen atoms in total. The van der Waals surface area contributed by atoms with Gasteiger partial charge in [0, 0.05) is 18.6 Å². The number of rotatable bonds is 4. The number of carbonyl (C=O) groups is 1. The lowest BCUT2D eigenvalue weighted by molar-refractivity contribution is 0.124. The number of benzene rings is 1. The summed E-state index contributed by atoms with van der Waals surface area (Å²) in [5.41, 5.74) is 3.06. The van der Waals surface area contributed by atoms with E-state index in [1.807, 2.05) is 0 Å². The first-order chi connectivity index (χ1) is 10.6. The van der Waals surface area contributed by atoms with Gasteiger partial charge < -0.3 is 10.4 Å². The molecule has 0 radical (unpaired) electrons. The van der Waals surface area contributed by atoms with E-state index >= 15 is 0 Å². The quantitative estimate of drug-likeness (QED) is 0.909. The molecule has 22 heavy (non-hydrogen) atoms. The van der Waals surface area contributed by atoms with E-state index in [2.05, 4.69) is 48.3 Å². The number of hydrogen-bond donors (Lipinski definition) is 2. The minimum Gasteiger partial charge on any atom is -0.465 e. The van der Waals surface area contributed by atoms with Gasteiger partial charge in [0.1, 0.15) is 0 Å². The zero-order chi connectivity index (χ0) is 15.9. The van der Waals surface area contributed by atoms with Crippen LogP contribution in [0.25, 0.3) is 0 Å². The third-order valence-electron chi connectivity index (χ3n) is 4.51. The van der Waals surface area contributed by atoms with Gasteiger partial charge >= 0.3 is 6.09 Å². The Kier molecular flexibility index (Phi) is 6.25. The number of nitrogens with one attached hydrogen (secondary N) is 1. The minimum absolute atomic E-state index is 0.121. The Bertz CT molecular complexity index is 469. The third kappa shape index (κ3) is 5.34. The second-order valence-electron chi connectivity index (χ2n) is 6.37. The summed E-state index contributed by atoms with van der Waals surface area (Å²) < 4.78 is 0. The van der Waals surface area contributed by atoms with Gasteiger partial charge in [-0.05, 0) is 50.3 Å². The van der Waals surface area contributed by atoms with Crippen molar-refractivity contribution in [3.05, 3.63) is 35.4 Å². The average molecular weight is 304 g/mol. The molecule has 1 aromatic rings. The van der Waals surface area contributed by atoms with Crippen molar-refractivity contribution in [1.82, 2.24) is 10.2 Å². The van der Waals surface area contributed by atoms with Crippen LogP contribution in [0, 0.1) is 0 Å². The molecule has 0 saturated carbocycles. The highest BCUT2D eigenvalue weighted by Gasteiger charge is 2.25. The van der Waals surface area contributed by atoms with Crippen molar-refractivity contribution in [3.8, 4) is 0 Å². The maximum Gasteiger partial charge on any atom is 0.404 e. The Morgan fingerprint density at radius 1 is 1.32 bits per heavy atom. The molecule has 2 atom stereocenters. The summed E-state index contributed by atoms with van der Waals surface area (Å²) in [5.74, 6) is 0. The monoisotopic (exact) mass is 304 g/mol. The van der Waals surface area contributed by atoms with E-state index in [9.17, 15) is 4.79 Å². The summed E-state index contributed by atoms with van der Waals surface area (Å²) in [5, 5.41) is 11.2. The Morgan fingerprint density at radius 3 is 2.55 bits per heavy atom. The van der Waals surface area contributed by atoms with Crippen LogP contribution in [0.2, 0.25) is 0 Å². The maximum absolute atomic E-state index is 10.5. The van der Waals surface area contributed by atoms with E-state index in [0.717, 1.165) is 25.9 Å². The van der Waals surface area contributed by atoms with Gasteiger partial charge in [-0.3, -0.25) is 4.90 Å². The van der Waals surface area contributed by atoms with E-state index < -0.39 is 6.09 Å². The maximum atomic E-state index is 10.5. The second kappa shape index (κ2) is 8.18. The number of fused-ring (bicyclic) bond motifs is 1. The molecule has 1 amide bonds. The van der Waals surface area contributed by atoms with Gasteiger partial charge in [-0.1, -0.05) is 37.6 Å². The van der Waals surface area contributed by atoms with Gasteiger partial charge in [0.05, 0.1) is 0 Å². The molecule has 3 rings (SSSR count). The first-order valence-electron chi connectivity index (χ1n) is 8.40. The highest BCUT2D eigenvalue weighted by Crippen LogP contribution is 2.25. The van der Waals surface area contributed by atoms with Crippen LogP contribution in [-0.2, 0) is 6.42 Å². The van der Waals surface area contributed by atoms with E-state index in [0.29, 0.717) is 6.04 Å². The third-order valence-corrected chi connectivity index (χ3v) is 4.51. The molecular weight excluding hydrogens is 276 g/mol. The fourth-order valence-corrected chi connectivity index (χ4v) is 2.98. The molecule has 2 aliphatic rings. The topological polar surface area (TPSA) is 52.6 Å². The lowest BCUT2D eigenvalue weighted by Gasteiger charge is -2.37. The molecule has 1 aliphatic heterocycles. The van der Waals surface area contributed by atoms with Crippen LogP contribution in [0.5, 0.6) is 0 Å². The highest BCUT2D eigenvalue weighted by atomic mass is 16.4. The predicted octanol–water partition coefficient (Wildman–Crippen LogP) is 3.50. The Balaban J connectivity index is 0.000000205. The molecule has 1 heterocycles. The van der Waals surface area contributed by atoms with E-state index in [1.54, 1.807) is 0 Å². The summed E-state index contributed by atoms with van der Waals surface area (Å²) in [7, 11) is 0. The molecule has 2 unspecified atom stereocenters. The molecular formula is C18H28N2O2. The average Bonchev–Trinajstić information content (AvgIpc) is 3.27. The van der Waals surface area contributed by atoms with E-state index in [-0.39, 0.29) is 6.04 Å². The molecule has 4 heteroatoms. The molecule has 122 valence electrons. The molecule has 0 bridgehead atoms. The van der Waals surface area contributed by atoms with Gasteiger partial charge in [0.15, 0.2) is 0 Å². The van der Waals surface area contributed by atoms with E-state index in [4.69, 9.17) is 5.11 Å². The normalized spacial score (nSPS) is 23.0. The summed E-state index contributed by atoms with van der Waals surface area (Å²) in [4.78, 5) is 12.9. The van der Waals surface area contributed by atoms with Crippen LogP contribution < -0.4 is 5.32 Å². The predicted molar refractivity (Wildman–Crippen MR) is 89.4 cm³/mol. The number of nitrogens with zero attached hydrogens (tertiary/aromatic N) is 1. The van der Waals surface area contributed by atoms with Crippen LogP contribution >= 0.6 is 0 Å². The van der Waals surface area contributed by atoms with Crippen molar-refractivity contribution in [2.24, 2.45) is 0 Å². The largest absolute Gasteiger partial charge is 0.465 e. The summed E-state index contributed by atoms with van der Waals surface area (Å²) in [6.07, 6.45) is 4.80. The van der Waals surface area contributed by atoms with Gasteiger partial charge in [0.2, 0.25) is 0 Å². The summed E-state index contributed by atoms with van der Waals surface area (Å²) in [6, 6.07) is 9.25. The standard InChI is InChI=1S/C11H22N2O2.C7H6/c1-3-4-7-13-8-10(12-11(14)15)6-5-9(13)2;1-2-4-7-5-6(7)3-1/h9-10,12H,3-8H2,1-2H3,(H,14,15);1-4H,5H2. The highest BCUT2D eigenvalue weighted by molar-refractivity contribution is 5.64. The fourth-order valence-electron chi connectivity index (χ4n) is 2.98. The number of hydrogen-bond acceptors (Lipinski definition) is 2. The lowest BCUT2D eigenvalue weighted by atomic mass is 9.99. The van der Waals surface area contributed by atoms with Crippen LogP contribution in [-0.4, -0.2) is 41.3 Å². The zero-order valence-electron chi connectivity index (χ0n) is 13.7. The second-order valence-corrected chi connectivity index (χ2v) is 6.37. The Hall–Kier alpha value is -1.55. The molecule has 1 saturated heterocycles. The van der Waals surface area contributed by atoms with Crippen molar-refractivity contribution < 1.29 is 9.90 Å². The number of unbranched alkanes of at least 4 members (excludes halogenated alkanes) is 1. The number of likely N-dealkylation sites (tertiary alicyclic amines) is 1. The summed E-state index contributed by atoms with van der Waals surface area (Å²) >= 11 is 0. The van der Waals surface area contributed by atoms with Crippen LogP contribution in [0.15, 0.2) is 24.3 Å². The van der Waals surface area contributed by atoms with Crippen molar-refractivity contribution in [1.29, 1.82) is 0 Å². The molecule has 1 aromatic carbocycles. The summed E-state index contributed by atoms with van der Waals surface area (Å²) in [6.45, 7) is 6.37. The van der Waals surface area contributed by atoms with Gasteiger partial charge in [-0.25, -0.2) is 4.79 Å². The first-order valence-corrected chi connectivity index (χ1v) is 8.40. The molecule has 2 N–H and O–H groups in total. The first kappa shape index (κ1) is 16.8. The van der Waals surface area contributed by atoms with Crippen molar-refractivity contribution in [3.63, 3.8) is 0 Å².